The Morgan fingerprint density at radius 2 is 1.62 bits per heavy atom. The fourth-order valence-corrected chi connectivity index (χ4v) is 3.33. The van der Waals surface area contributed by atoms with E-state index in [1.165, 1.54) is 0 Å². The van der Waals surface area contributed by atoms with Crippen LogP contribution in [0.25, 0.3) is 5.57 Å². The van der Waals surface area contributed by atoms with Gasteiger partial charge in [-0.05, 0) is 28.8 Å². The number of benzene rings is 3. The highest BCUT2D eigenvalue weighted by atomic mass is 16.5. The lowest BCUT2D eigenvalue weighted by Crippen LogP contribution is -2.19. The number of ketones is 1. The zero-order valence-electron chi connectivity index (χ0n) is 14.2. The molecule has 4 heteroatoms. The summed E-state index contributed by atoms with van der Waals surface area (Å²) in [6, 6.07) is 20.9. The molecule has 0 aliphatic heterocycles. The van der Waals surface area contributed by atoms with Crippen LogP contribution < -0.4 is 16.0 Å². The molecule has 3 aromatic rings. The van der Waals surface area contributed by atoms with Crippen LogP contribution in [0.2, 0.25) is 0 Å². The number of anilines is 1. The number of carbonyl (C=O) groups excluding carboxylic acids is 1. The van der Waals surface area contributed by atoms with E-state index in [0.717, 1.165) is 22.3 Å². The van der Waals surface area contributed by atoms with Crippen LogP contribution in [0, 0.1) is 0 Å². The second kappa shape index (κ2) is 6.50. The maximum Gasteiger partial charge on any atom is 0.198 e. The zero-order chi connectivity index (χ0) is 18.1. The van der Waals surface area contributed by atoms with Crippen LogP contribution in [0.4, 0.5) is 5.69 Å². The Labute approximate surface area is 151 Å². The van der Waals surface area contributed by atoms with Crippen molar-refractivity contribution in [2.75, 3.05) is 5.43 Å². The third-order valence-electron chi connectivity index (χ3n) is 4.58. The molecular weight excluding hydrogens is 324 g/mol. The lowest BCUT2D eigenvalue weighted by atomic mass is 9.81. The van der Waals surface area contributed by atoms with Gasteiger partial charge in [-0.25, -0.2) is 0 Å². The van der Waals surface area contributed by atoms with Gasteiger partial charge in [0, 0.05) is 11.1 Å². The number of rotatable bonds is 4. The van der Waals surface area contributed by atoms with Crippen molar-refractivity contribution in [3.05, 3.63) is 101 Å². The van der Waals surface area contributed by atoms with Crippen molar-refractivity contribution < 1.29 is 9.53 Å². The van der Waals surface area contributed by atoms with Gasteiger partial charge in [0.2, 0.25) is 0 Å². The van der Waals surface area contributed by atoms with Gasteiger partial charge in [-0.2, -0.15) is 0 Å². The van der Waals surface area contributed by atoms with Gasteiger partial charge < -0.3 is 10.2 Å². The van der Waals surface area contributed by atoms with Crippen LogP contribution in [0.5, 0.6) is 5.75 Å². The molecule has 3 aromatic carbocycles. The second-order valence-corrected chi connectivity index (χ2v) is 6.13. The van der Waals surface area contributed by atoms with E-state index < -0.39 is 0 Å². The third-order valence-corrected chi connectivity index (χ3v) is 4.58. The molecule has 0 fully saturated rings. The van der Waals surface area contributed by atoms with E-state index in [-0.39, 0.29) is 5.78 Å². The molecule has 0 radical (unpaired) electrons. The lowest BCUT2D eigenvalue weighted by molar-refractivity contribution is 0.103. The van der Waals surface area contributed by atoms with Crippen molar-refractivity contribution >= 4 is 17.0 Å². The Kier molecular flexibility index (Phi) is 4.03. The van der Waals surface area contributed by atoms with Crippen molar-refractivity contribution in [2.24, 2.45) is 5.84 Å². The predicted octanol–water partition coefficient (Wildman–Crippen LogP) is 4.16. The van der Waals surface area contributed by atoms with Crippen LogP contribution in [-0.2, 0) is 6.61 Å². The molecule has 1 aliphatic carbocycles. The molecule has 0 spiro atoms. The third kappa shape index (κ3) is 2.57. The number of nitrogens with two attached hydrogens (primary N) is 1. The fourth-order valence-electron chi connectivity index (χ4n) is 3.33. The minimum Gasteiger partial charge on any atom is -0.488 e. The van der Waals surface area contributed by atoms with E-state index in [4.69, 9.17) is 10.6 Å². The monoisotopic (exact) mass is 342 g/mol. The predicted molar refractivity (Wildman–Crippen MR) is 103 cm³/mol. The maximum atomic E-state index is 13.2. The average Bonchev–Trinajstić information content (AvgIpc) is 2.70. The molecule has 0 unspecified atom stereocenters. The summed E-state index contributed by atoms with van der Waals surface area (Å²) in [5, 5.41) is 0. The van der Waals surface area contributed by atoms with Crippen molar-refractivity contribution in [3.63, 3.8) is 0 Å². The average molecular weight is 342 g/mol. The topological polar surface area (TPSA) is 64.3 Å². The Hall–Kier alpha value is -3.37. The van der Waals surface area contributed by atoms with Gasteiger partial charge >= 0.3 is 0 Å². The summed E-state index contributed by atoms with van der Waals surface area (Å²) in [4.78, 5) is 13.2. The number of hydrazine groups is 1. The van der Waals surface area contributed by atoms with Gasteiger partial charge in [-0.3, -0.25) is 10.6 Å². The summed E-state index contributed by atoms with van der Waals surface area (Å²) >= 11 is 0. The van der Waals surface area contributed by atoms with E-state index >= 15 is 0 Å². The molecule has 3 N–H and O–H groups in total. The van der Waals surface area contributed by atoms with Crippen molar-refractivity contribution in [3.8, 4) is 5.75 Å². The Bertz CT molecular complexity index is 1010. The van der Waals surface area contributed by atoms with Gasteiger partial charge in [-0.1, -0.05) is 61.2 Å². The standard InChI is InChI=1S/C22H18N2O2/c1-14-16-9-6-12-19(26-13-15-7-3-2-4-8-15)21(16)22(25)17-10-5-11-18(24-23)20(14)17/h2-12,24H,1,13,23H2. The molecule has 0 aromatic heterocycles. The number of hydrogen-bond donors (Lipinski definition) is 2. The smallest absolute Gasteiger partial charge is 0.198 e. The molecule has 128 valence electrons. The second-order valence-electron chi connectivity index (χ2n) is 6.13. The maximum absolute atomic E-state index is 13.2. The molecule has 0 atom stereocenters. The molecular formula is C22H18N2O2. The summed E-state index contributed by atoms with van der Waals surface area (Å²) in [5.41, 5.74) is 7.78. The largest absolute Gasteiger partial charge is 0.488 e. The van der Waals surface area contributed by atoms with Crippen LogP contribution in [0.1, 0.15) is 32.6 Å². The summed E-state index contributed by atoms with van der Waals surface area (Å²) in [6.07, 6.45) is 0. The lowest BCUT2D eigenvalue weighted by Gasteiger charge is -2.25. The van der Waals surface area contributed by atoms with E-state index in [0.29, 0.717) is 29.2 Å². The Morgan fingerprint density at radius 1 is 0.885 bits per heavy atom. The first-order chi connectivity index (χ1) is 12.7. The molecule has 0 saturated heterocycles. The molecule has 0 bridgehead atoms. The summed E-state index contributed by atoms with van der Waals surface area (Å²) in [6.45, 7) is 4.59. The van der Waals surface area contributed by atoms with E-state index in [9.17, 15) is 4.79 Å². The number of nitrogen functional groups attached to an aromatic ring is 1. The molecule has 26 heavy (non-hydrogen) atoms. The van der Waals surface area contributed by atoms with Crippen LogP contribution in [0.15, 0.2) is 73.3 Å². The quantitative estimate of drug-likeness (QED) is 0.432. The van der Waals surface area contributed by atoms with Gasteiger partial charge in [0.1, 0.15) is 12.4 Å². The number of ether oxygens (including phenoxy) is 1. The van der Waals surface area contributed by atoms with E-state index in [1.807, 2.05) is 54.6 Å². The number of fused-ring (bicyclic) bond motifs is 2. The molecule has 4 nitrogen and oxygen atoms in total. The van der Waals surface area contributed by atoms with Crippen LogP contribution in [0.3, 0.4) is 0 Å². The van der Waals surface area contributed by atoms with E-state index in [2.05, 4.69) is 12.0 Å². The Balaban J connectivity index is 1.76. The van der Waals surface area contributed by atoms with Crippen molar-refractivity contribution in [1.29, 1.82) is 0 Å². The normalized spacial score (nSPS) is 12.3. The van der Waals surface area contributed by atoms with Gasteiger partial charge in [0.15, 0.2) is 5.78 Å². The Morgan fingerprint density at radius 3 is 2.38 bits per heavy atom. The van der Waals surface area contributed by atoms with Crippen LogP contribution >= 0.6 is 0 Å². The summed E-state index contributed by atoms with van der Waals surface area (Å²) in [7, 11) is 0. The first-order valence-corrected chi connectivity index (χ1v) is 8.34. The highest BCUT2D eigenvalue weighted by molar-refractivity contribution is 6.21. The SMILES string of the molecule is C=C1c2cccc(OCc3ccccc3)c2C(=O)c2cccc(NN)c21. The highest BCUT2D eigenvalue weighted by Crippen LogP contribution is 2.41. The molecule has 1 aliphatic rings. The van der Waals surface area contributed by atoms with Crippen molar-refractivity contribution in [1.82, 2.24) is 0 Å². The first-order valence-electron chi connectivity index (χ1n) is 8.34. The molecule has 0 heterocycles. The zero-order valence-corrected chi connectivity index (χ0v) is 14.2. The first kappa shape index (κ1) is 16.1. The molecule has 4 rings (SSSR count). The fraction of sp³-hybridized carbons (Fsp3) is 0.0455. The number of nitrogens with one attached hydrogen (secondary N) is 1. The van der Waals surface area contributed by atoms with E-state index in [1.54, 1.807) is 12.1 Å². The van der Waals surface area contributed by atoms with Gasteiger partial charge in [-0.15, -0.1) is 0 Å². The minimum atomic E-state index is -0.0804. The molecule has 0 amide bonds. The van der Waals surface area contributed by atoms with Gasteiger partial charge in [0.05, 0.1) is 11.3 Å². The van der Waals surface area contributed by atoms with Gasteiger partial charge in [0.25, 0.3) is 0 Å². The van der Waals surface area contributed by atoms with Crippen molar-refractivity contribution in [2.45, 2.75) is 6.61 Å². The highest BCUT2D eigenvalue weighted by Gasteiger charge is 2.30. The minimum absolute atomic E-state index is 0.0804. The molecule has 0 saturated carbocycles. The van der Waals surface area contributed by atoms with Crippen LogP contribution in [-0.4, -0.2) is 5.78 Å². The number of carbonyl (C=O) groups is 1. The number of hydrogen-bond acceptors (Lipinski definition) is 4. The summed E-state index contributed by atoms with van der Waals surface area (Å²) in [5.74, 6) is 6.10. The summed E-state index contributed by atoms with van der Waals surface area (Å²) < 4.78 is 5.98.